The Kier molecular flexibility index (Phi) is 5.15. The fraction of sp³-hybridized carbons (Fsp3) is 0.174. The molecule has 3 N–H and O–H groups in total. The molecule has 5 heteroatoms. The summed E-state index contributed by atoms with van der Waals surface area (Å²) in [5.41, 5.74) is 9.98. The van der Waals surface area contributed by atoms with Crippen LogP contribution < -0.4 is 20.7 Å². The molecular formula is C23H23N3O2. The summed E-state index contributed by atoms with van der Waals surface area (Å²) in [6, 6.07) is 23.9. The Balaban J connectivity index is 1.45. The first-order valence-corrected chi connectivity index (χ1v) is 9.39. The van der Waals surface area contributed by atoms with Crippen molar-refractivity contribution in [2.24, 2.45) is 5.73 Å². The third kappa shape index (κ3) is 4.26. The van der Waals surface area contributed by atoms with Crippen molar-refractivity contribution >= 4 is 11.7 Å². The van der Waals surface area contributed by atoms with E-state index in [1.807, 2.05) is 48.5 Å². The van der Waals surface area contributed by atoms with E-state index in [0.717, 1.165) is 36.6 Å². The fourth-order valence-corrected chi connectivity index (χ4v) is 3.54. The Hall–Kier alpha value is -3.47. The molecule has 0 atom stereocenters. The zero-order valence-electron chi connectivity index (χ0n) is 15.6. The van der Waals surface area contributed by atoms with Gasteiger partial charge in [-0.2, -0.15) is 0 Å². The van der Waals surface area contributed by atoms with Crippen LogP contribution in [-0.2, 0) is 19.5 Å². The molecule has 0 aliphatic carbocycles. The number of nitrogens with one attached hydrogen (secondary N) is 1. The number of nitrogens with zero attached hydrogens (tertiary/aromatic N) is 1. The molecule has 1 aliphatic rings. The Labute approximate surface area is 164 Å². The lowest BCUT2D eigenvalue weighted by molar-refractivity contribution is 0.248. The molecule has 3 aromatic carbocycles. The molecule has 0 unspecified atom stereocenters. The van der Waals surface area contributed by atoms with E-state index in [-0.39, 0.29) is 0 Å². The van der Waals surface area contributed by atoms with Crippen LogP contribution in [-0.4, -0.2) is 12.6 Å². The second kappa shape index (κ2) is 8.05. The average Bonchev–Trinajstić information content (AvgIpc) is 3.09. The van der Waals surface area contributed by atoms with Crippen LogP contribution in [0.5, 0.6) is 11.5 Å². The third-order valence-electron chi connectivity index (χ3n) is 4.85. The zero-order valence-corrected chi connectivity index (χ0v) is 15.6. The number of hydrogen-bond donors (Lipinski definition) is 2. The standard InChI is InChI=1S/C23H23N3O2/c24-23(27)25-15-17-9-10-22-19(13-17)11-12-26(22)16-18-5-4-8-21(14-18)28-20-6-2-1-3-7-20/h1-10,13-14H,11-12,15-16H2,(H3,24,25,27). The van der Waals surface area contributed by atoms with E-state index in [9.17, 15) is 4.79 Å². The van der Waals surface area contributed by atoms with Gasteiger partial charge in [-0.15, -0.1) is 0 Å². The van der Waals surface area contributed by atoms with Gasteiger partial charge < -0.3 is 20.7 Å². The number of carbonyl (C=O) groups excluding carboxylic acids is 1. The van der Waals surface area contributed by atoms with Crippen molar-refractivity contribution in [2.45, 2.75) is 19.5 Å². The molecule has 1 aliphatic heterocycles. The summed E-state index contributed by atoms with van der Waals surface area (Å²) in [5.74, 6) is 1.68. The van der Waals surface area contributed by atoms with Crippen LogP contribution in [0.25, 0.3) is 0 Å². The number of rotatable bonds is 6. The monoisotopic (exact) mass is 373 g/mol. The lowest BCUT2D eigenvalue weighted by atomic mass is 10.1. The molecule has 142 valence electrons. The molecule has 0 bridgehead atoms. The number of primary amides is 1. The van der Waals surface area contributed by atoms with Crippen LogP contribution in [0.4, 0.5) is 10.5 Å². The van der Waals surface area contributed by atoms with E-state index in [2.05, 4.69) is 34.5 Å². The number of hydrogen-bond acceptors (Lipinski definition) is 3. The topological polar surface area (TPSA) is 67.6 Å². The number of fused-ring (bicyclic) bond motifs is 1. The van der Waals surface area contributed by atoms with Gasteiger partial charge in [0.15, 0.2) is 0 Å². The number of carbonyl (C=O) groups is 1. The highest BCUT2D eigenvalue weighted by molar-refractivity contribution is 5.71. The van der Waals surface area contributed by atoms with Crippen molar-refractivity contribution in [3.63, 3.8) is 0 Å². The molecular weight excluding hydrogens is 350 g/mol. The zero-order chi connectivity index (χ0) is 19.3. The molecule has 0 saturated heterocycles. The molecule has 28 heavy (non-hydrogen) atoms. The van der Waals surface area contributed by atoms with Crippen molar-refractivity contribution < 1.29 is 9.53 Å². The fourth-order valence-electron chi connectivity index (χ4n) is 3.54. The first kappa shape index (κ1) is 17.9. The molecule has 3 aromatic rings. The largest absolute Gasteiger partial charge is 0.457 e. The molecule has 0 saturated carbocycles. The molecule has 0 fully saturated rings. The van der Waals surface area contributed by atoms with E-state index < -0.39 is 6.03 Å². The summed E-state index contributed by atoms with van der Waals surface area (Å²) in [7, 11) is 0. The first-order chi connectivity index (χ1) is 13.7. The van der Waals surface area contributed by atoms with Gasteiger partial charge in [-0.05, 0) is 53.4 Å². The summed E-state index contributed by atoms with van der Waals surface area (Å²) >= 11 is 0. The maximum absolute atomic E-state index is 10.9. The van der Waals surface area contributed by atoms with Gasteiger partial charge in [-0.25, -0.2) is 4.79 Å². The Morgan fingerprint density at radius 2 is 1.79 bits per heavy atom. The first-order valence-electron chi connectivity index (χ1n) is 9.39. The second-order valence-corrected chi connectivity index (χ2v) is 6.91. The van der Waals surface area contributed by atoms with E-state index in [4.69, 9.17) is 10.5 Å². The van der Waals surface area contributed by atoms with Crippen LogP contribution in [0.2, 0.25) is 0 Å². The van der Waals surface area contributed by atoms with Gasteiger partial charge in [0, 0.05) is 25.3 Å². The van der Waals surface area contributed by atoms with Gasteiger partial charge in [-0.3, -0.25) is 0 Å². The van der Waals surface area contributed by atoms with Gasteiger partial charge in [0.25, 0.3) is 0 Å². The van der Waals surface area contributed by atoms with E-state index >= 15 is 0 Å². The molecule has 2 amide bonds. The van der Waals surface area contributed by atoms with Gasteiger partial charge in [0.05, 0.1) is 0 Å². The van der Waals surface area contributed by atoms with E-state index in [1.54, 1.807) is 0 Å². The maximum atomic E-state index is 10.9. The average molecular weight is 373 g/mol. The molecule has 1 heterocycles. The number of nitrogens with two attached hydrogens (primary N) is 1. The predicted octanol–water partition coefficient (Wildman–Crippen LogP) is 4.21. The van der Waals surface area contributed by atoms with Gasteiger partial charge >= 0.3 is 6.03 Å². The van der Waals surface area contributed by atoms with Gasteiger partial charge in [0.1, 0.15) is 11.5 Å². The third-order valence-corrected chi connectivity index (χ3v) is 4.85. The molecule has 0 spiro atoms. The number of urea groups is 1. The summed E-state index contributed by atoms with van der Waals surface area (Å²) in [5, 5.41) is 2.64. The minimum atomic E-state index is -0.500. The highest BCUT2D eigenvalue weighted by atomic mass is 16.5. The number of para-hydroxylation sites is 1. The van der Waals surface area contributed by atoms with Crippen molar-refractivity contribution in [1.82, 2.24) is 5.32 Å². The number of amides is 2. The van der Waals surface area contributed by atoms with Crippen molar-refractivity contribution in [1.29, 1.82) is 0 Å². The van der Waals surface area contributed by atoms with Gasteiger partial charge in [0.2, 0.25) is 0 Å². The normalized spacial score (nSPS) is 12.5. The number of ether oxygens (including phenoxy) is 1. The highest BCUT2D eigenvalue weighted by Gasteiger charge is 2.19. The summed E-state index contributed by atoms with van der Waals surface area (Å²) in [6.07, 6.45) is 1.000. The van der Waals surface area contributed by atoms with Crippen molar-refractivity contribution in [3.8, 4) is 11.5 Å². The SMILES string of the molecule is NC(=O)NCc1ccc2c(c1)CCN2Cc1cccc(Oc2ccccc2)c1. The number of benzene rings is 3. The minimum Gasteiger partial charge on any atom is -0.457 e. The van der Waals surface area contributed by atoms with Crippen LogP contribution in [0, 0.1) is 0 Å². The van der Waals surface area contributed by atoms with E-state index in [0.29, 0.717) is 6.54 Å². The number of anilines is 1. The smallest absolute Gasteiger partial charge is 0.312 e. The summed E-state index contributed by atoms with van der Waals surface area (Å²) in [4.78, 5) is 13.3. The Bertz CT molecular complexity index is 973. The van der Waals surface area contributed by atoms with Crippen LogP contribution >= 0.6 is 0 Å². The quantitative estimate of drug-likeness (QED) is 0.680. The van der Waals surface area contributed by atoms with Crippen molar-refractivity contribution in [3.05, 3.63) is 89.5 Å². The lowest BCUT2D eigenvalue weighted by Gasteiger charge is -2.20. The molecule has 5 nitrogen and oxygen atoms in total. The molecule has 4 rings (SSSR count). The van der Waals surface area contributed by atoms with Gasteiger partial charge in [-0.1, -0.05) is 42.5 Å². The van der Waals surface area contributed by atoms with Crippen LogP contribution in [0.3, 0.4) is 0 Å². The van der Waals surface area contributed by atoms with Crippen LogP contribution in [0.15, 0.2) is 72.8 Å². The molecule has 0 radical (unpaired) electrons. The van der Waals surface area contributed by atoms with E-state index in [1.165, 1.54) is 16.8 Å². The molecule has 0 aromatic heterocycles. The summed E-state index contributed by atoms with van der Waals surface area (Å²) in [6.45, 7) is 2.27. The minimum absolute atomic E-state index is 0.460. The lowest BCUT2D eigenvalue weighted by Crippen LogP contribution is -2.28. The Morgan fingerprint density at radius 1 is 0.964 bits per heavy atom. The maximum Gasteiger partial charge on any atom is 0.312 e. The second-order valence-electron chi connectivity index (χ2n) is 6.91. The van der Waals surface area contributed by atoms with Crippen LogP contribution in [0.1, 0.15) is 16.7 Å². The summed E-state index contributed by atoms with van der Waals surface area (Å²) < 4.78 is 5.95. The highest BCUT2D eigenvalue weighted by Crippen LogP contribution is 2.31. The predicted molar refractivity (Wildman–Crippen MR) is 111 cm³/mol. The Morgan fingerprint density at radius 3 is 2.61 bits per heavy atom. The van der Waals surface area contributed by atoms with Crippen molar-refractivity contribution in [2.75, 3.05) is 11.4 Å².